The Kier molecular flexibility index (Phi) is 13.7. The number of nitrogens with two attached hydrogens (primary N) is 3. The van der Waals surface area contributed by atoms with Crippen molar-refractivity contribution in [3.05, 3.63) is 0 Å². The van der Waals surface area contributed by atoms with Gasteiger partial charge >= 0.3 is 5.97 Å². The Bertz CT molecular complexity index is 692. The average Bonchev–Trinajstić information content (AvgIpc) is 2.68. The Hall–Kier alpha value is -2.89. The molecule has 0 rings (SSSR count). The molecule has 0 radical (unpaired) electrons. The van der Waals surface area contributed by atoms with Gasteiger partial charge in [-0.1, -0.05) is 27.7 Å². The zero-order chi connectivity index (χ0) is 25.7. The number of aliphatic carboxylic acids is 1. The van der Waals surface area contributed by atoms with Gasteiger partial charge in [0.05, 0.1) is 6.04 Å². The highest BCUT2D eigenvalue weighted by Crippen LogP contribution is 2.09. The summed E-state index contributed by atoms with van der Waals surface area (Å²) in [5.41, 5.74) is 16.6. The number of nitrogens with one attached hydrogen (secondary N) is 3. The lowest BCUT2D eigenvalue weighted by Crippen LogP contribution is -2.57. The molecular formula is C21H41N7O5. The molecule has 0 saturated carbocycles. The van der Waals surface area contributed by atoms with Crippen LogP contribution in [0.1, 0.15) is 60.3 Å². The maximum atomic E-state index is 13.0. The largest absolute Gasteiger partial charge is 0.480 e. The molecule has 0 fully saturated rings. The summed E-state index contributed by atoms with van der Waals surface area (Å²) < 4.78 is 0. The van der Waals surface area contributed by atoms with Gasteiger partial charge in [-0.15, -0.1) is 0 Å². The van der Waals surface area contributed by atoms with E-state index in [0.29, 0.717) is 12.8 Å². The second-order valence-electron chi connectivity index (χ2n) is 9.01. The van der Waals surface area contributed by atoms with E-state index in [9.17, 15) is 19.2 Å². The maximum absolute atomic E-state index is 13.0. The number of carboxylic acid groups (broad SMARTS) is 1. The van der Waals surface area contributed by atoms with E-state index < -0.39 is 47.9 Å². The van der Waals surface area contributed by atoms with Crippen LogP contribution in [0.25, 0.3) is 0 Å². The SMILES string of the molecule is CC(C)CC(N)C(=O)NC(CCCN=C(N)N)C(=O)NC(CC(C)C)C(=O)NC(C)C(=O)O. The Morgan fingerprint density at radius 3 is 1.82 bits per heavy atom. The molecule has 0 aromatic carbocycles. The fraction of sp³-hybridized carbons (Fsp3) is 0.762. The molecule has 4 atom stereocenters. The van der Waals surface area contributed by atoms with Gasteiger partial charge < -0.3 is 38.3 Å². The Labute approximate surface area is 195 Å². The summed E-state index contributed by atoms with van der Waals surface area (Å²) in [6.45, 7) is 9.18. The first-order valence-electron chi connectivity index (χ1n) is 11.2. The number of carboxylic acids is 1. The summed E-state index contributed by atoms with van der Waals surface area (Å²) in [7, 11) is 0. The van der Waals surface area contributed by atoms with Crippen molar-refractivity contribution in [2.45, 2.75) is 84.5 Å². The van der Waals surface area contributed by atoms with E-state index in [1.165, 1.54) is 6.92 Å². The van der Waals surface area contributed by atoms with E-state index >= 15 is 0 Å². The lowest BCUT2D eigenvalue weighted by atomic mass is 10.0. The molecule has 0 aromatic rings. The number of aliphatic imine (C=N–C) groups is 1. The predicted molar refractivity (Wildman–Crippen MR) is 126 cm³/mol. The van der Waals surface area contributed by atoms with Gasteiger partial charge in [-0.05, 0) is 44.4 Å². The van der Waals surface area contributed by atoms with Gasteiger partial charge in [-0.25, -0.2) is 0 Å². The molecule has 33 heavy (non-hydrogen) atoms. The average molecular weight is 472 g/mol. The normalized spacial score (nSPS) is 14.7. The molecule has 0 aliphatic heterocycles. The second-order valence-corrected chi connectivity index (χ2v) is 9.01. The zero-order valence-corrected chi connectivity index (χ0v) is 20.3. The quantitative estimate of drug-likeness (QED) is 0.0892. The first kappa shape index (κ1) is 30.1. The highest BCUT2D eigenvalue weighted by Gasteiger charge is 2.29. The number of hydrogen-bond acceptors (Lipinski definition) is 6. The molecule has 0 aliphatic carbocycles. The zero-order valence-electron chi connectivity index (χ0n) is 20.3. The molecule has 190 valence electrons. The summed E-state index contributed by atoms with van der Waals surface area (Å²) in [5, 5.41) is 16.7. The van der Waals surface area contributed by atoms with Gasteiger partial charge in [0.15, 0.2) is 5.96 Å². The Balaban J connectivity index is 5.45. The fourth-order valence-corrected chi connectivity index (χ4v) is 3.02. The topological polar surface area (TPSA) is 215 Å². The molecule has 12 heteroatoms. The highest BCUT2D eigenvalue weighted by molar-refractivity contribution is 5.94. The lowest BCUT2D eigenvalue weighted by molar-refractivity contribution is -0.142. The maximum Gasteiger partial charge on any atom is 0.325 e. The monoisotopic (exact) mass is 471 g/mol. The smallest absolute Gasteiger partial charge is 0.325 e. The van der Waals surface area contributed by atoms with Crippen LogP contribution >= 0.6 is 0 Å². The summed E-state index contributed by atoms with van der Waals surface area (Å²) in [6, 6.07) is -3.85. The van der Waals surface area contributed by atoms with Crippen molar-refractivity contribution in [3.63, 3.8) is 0 Å². The van der Waals surface area contributed by atoms with Crippen molar-refractivity contribution in [1.29, 1.82) is 0 Å². The number of amides is 3. The van der Waals surface area contributed by atoms with Crippen LogP contribution in [0.2, 0.25) is 0 Å². The van der Waals surface area contributed by atoms with Crippen molar-refractivity contribution in [2.75, 3.05) is 6.54 Å². The molecule has 3 amide bonds. The summed E-state index contributed by atoms with van der Waals surface area (Å²) in [4.78, 5) is 53.1. The van der Waals surface area contributed by atoms with Crippen molar-refractivity contribution < 1.29 is 24.3 Å². The Morgan fingerprint density at radius 1 is 0.818 bits per heavy atom. The summed E-state index contributed by atoms with van der Waals surface area (Å²) in [6.07, 6.45) is 1.34. The van der Waals surface area contributed by atoms with Gasteiger partial charge in [0.1, 0.15) is 18.1 Å². The minimum atomic E-state index is -1.19. The van der Waals surface area contributed by atoms with Crippen LogP contribution in [0, 0.1) is 11.8 Å². The van der Waals surface area contributed by atoms with Crippen molar-refractivity contribution in [2.24, 2.45) is 34.0 Å². The second kappa shape index (κ2) is 15.0. The van der Waals surface area contributed by atoms with E-state index in [-0.39, 0.29) is 37.2 Å². The van der Waals surface area contributed by atoms with Crippen LogP contribution in [0.5, 0.6) is 0 Å². The number of guanidine groups is 1. The van der Waals surface area contributed by atoms with Crippen LogP contribution in [0.15, 0.2) is 4.99 Å². The molecular weight excluding hydrogens is 430 g/mol. The third-order valence-corrected chi connectivity index (χ3v) is 4.71. The van der Waals surface area contributed by atoms with Crippen LogP contribution in [-0.2, 0) is 19.2 Å². The molecule has 10 N–H and O–H groups in total. The lowest BCUT2D eigenvalue weighted by Gasteiger charge is -2.25. The minimum Gasteiger partial charge on any atom is -0.480 e. The third-order valence-electron chi connectivity index (χ3n) is 4.71. The van der Waals surface area contributed by atoms with E-state index in [4.69, 9.17) is 22.3 Å². The van der Waals surface area contributed by atoms with Crippen molar-refractivity contribution >= 4 is 29.7 Å². The van der Waals surface area contributed by atoms with Crippen molar-refractivity contribution in [3.8, 4) is 0 Å². The highest BCUT2D eigenvalue weighted by atomic mass is 16.4. The molecule has 0 aromatic heterocycles. The van der Waals surface area contributed by atoms with Crippen LogP contribution < -0.4 is 33.2 Å². The van der Waals surface area contributed by atoms with Gasteiger partial charge in [-0.2, -0.15) is 0 Å². The molecule has 12 nitrogen and oxygen atoms in total. The minimum absolute atomic E-state index is 0.0376. The number of carbonyl (C=O) groups is 4. The number of hydrogen-bond donors (Lipinski definition) is 7. The van der Waals surface area contributed by atoms with Gasteiger partial charge in [0.25, 0.3) is 0 Å². The number of rotatable bonds is 15. The number of carbonyl (C=O) groups excluding carboxylic acids is 3. The molecule has 0 bridgehead atoms. The molecule has 0 aliphatic rings. The first-order chi connectivity index (χ1) is 15.2. The summed E-state index contributed by atoms with van der Waals surface area (Å²) >= 11 is 0. The molecule has 0 saturated heterocycles. The van der Waals surface area contributed by atoms with Gasteiger partial charge in [0.2, 0.25) is 17.7 Å². The molecule has 0 heterocycles. The summed E-state index contributed by atoms with van der Waals surface area (Å²) in [5.74, 6) is -2.72. The third kappa shape index (κ3) is 13.3. The fourth-order valence-electron chi connectivity index (χ4n) is 3.02. The van der Waals surface area contributed by atoms with Gasteiger partial charge in [-0.3, -0.25) is 24.2 Å². The van der Waals surface area contributed by atoms with Gasteiger partial charge in [0, 0.05) is 6.54 Å². The first-order valence-corrected chi connectivity index (χ1v) is 11.2. The van der Waals surface area contributed by atoms with Crippen molar-refractivity contribution in [1.82, 2.24) is 16.0 Å². The molecule has 4 unspecified atom stereocenters. The molecule has 0 spiro atoms. The van der Waals surface area contributed by atoms with E-state index in [2.05, 4.69) is 20.9 Å². The standard InChI is InChI=1S/C21H41N7O5/c1-11(2)9-14(22)17(29)27-15(7-6-8-25-21(23)24)18(30)28-16(10-12(3)4)19(31)26-13(5)20(32)33/h11-16H,6-10,22H2,1-5H3,(H,26,31)(H,27,29)(H,28,30)(H,32,33)(H4,23,24,25). The van der Waals surface area contributed by atoms with E-state index in [1.807, 2.05) is 27.7 Å². The van der Waals surface area contributed by atoms with E-state index in [0.717, 1.165) is 0 Å². The van der Waals surface area contributed by atoms with Crippen LogP contribution in [0.3, 0.4) is 0 Å². The van der Waals surface area contributed by atoms with E-state index in [1.54, 1.807) is 0 Å². The Morgan fingerprint density at radius 2 is 1.33 bits per heavy atom. The number of nitrogens with zero attached hydrogens (tertiary/aromatic N) is 1. The van der Waals surface area contributed by atoms with Crippen LogP contribution in [0.4, 0.5) is 0 Å². The predicted octanol–water partition coefficient (Wildman–Crippen LogP) is -0.982. The van der Waals surface area contributed by atoms with Crippen LogP contribution in [-0.4, -0.2) is 65.5 Å².